The smallest absolute Gasteiger partial charge is 0.223 e. The van der Waals surface area contributed by atoms with Crippen LogP contribution in [0.4, 0.5) is 8.78 Å². The van der Waals surface area contributed by atoms with Gasteiger partial charge in [0, 0.05) is 6.42 Å². The molecular formula is C6H9F2N3. The molecule has 1 heterocycles. The summed E-state index contributed by atoms with van der Waals surface area (Å²) in [6.45, 7) is 1.70. The molecule has 0 saturated heterocycles. The molecule has 1 rings (SSSR count). The highest BCUT2D eigenvalue weighted by Crippen LogP contribution is 2.24. The molecule has 1 aromatic rings. The second-order valence-corrected chi connectivity index (χ2v) is 2.26. The molecule has 0 aromatic carbocycles. The number of halogens is 2. The Morgan fingerprint density at radius 2 is 2.27 bits per heavy atom. The third-order valence-corrected chi connectivity index (χ3v) is 1.30. The van der Waals surface area contributed by atoms with E-state index < -0.39 is 6.05 Å². The third-order valence-electron chi connectivity index (χ3n) is 1.30. The van der Waals surface area contributed by atoms with Crippen LogP contribution >= 0.6 is 0 Å². The SMILES string of the molecule is CCCC(F)(F)n1cncn1. The van der Waals surface area contributed by atoms with Crippen molar-refractivity contribution < 1.29 is 8.78 Å². The topological polar surface area (TPSA) is 30.7 Å². The fraction of sp³-hybridized carbons (Fsp3) is 0.667. The Bertz CT molecular complexity index is 208. The van der Waals surface area contributed by atoms with Crippen LogP contribution in [0.5, 0.6) is 0 Å². The molecule has 0 radical (unpaired) electrons. The first-order chi connectivity index (χ1) is 5.17. The average Bonchev–Trinajstić information content (AvgIpc) is 2.37. The number of rotatable bonds is 3. The lowest BCUT2D eigenvalue weighted by molar-refractivity contribution is -0.0999. The van der Waals surface area contributed by atoms with E-state index in [4.69, 9.17) is 0 Å². The molecule has 0 aliphatic heterocycles. The maximum atomic E-state index is 12.9. The van der Waals surface area contributed by atoms with Gasteiger partial charge in [-0.15, -0.1) is 0 Å². The van der Waals surface area contributed by atoms with Gasteiger partial charge in [-0.05, 0) is 6.42 Å². The van der Waals surface area contributed by atoms with E-state index in [1.165, 1.54) is 0 Å². The summed E-state index contributed by atoms with van der Waals surface area (Å²) >= 11 is 0. The van der Waals surface area contributed by atoms with Crippen molar-refractivity contribution in [2.24, 2.45) is 0 Å². The van der Waals surface area contributed by atoms with E-state index in [0.29, 0.717) is 11.1 Å². The van der Waals surface area contributed by atoms with E-state index in [2.05, 4.69) is 10.1 Å². The van der Waals surface area contributed by atoms with Crippen LogP contribution in [0.15, 0.2) is 12.7 Å². The summed E-state index contributed by atoms with van der Waals surface area (Å²) in [6, 6.07) is -2.88. The molecule has 0 bridgehead atoms. The Labute approximate surface area is 63.0 Å². The highest BCUT2D eigenvalue weighted by atomic mass is 19.3. The maximum absolute atomic E-state index is 12.9. The Morgan fingerprint density at radius 3 is 2.73 bits per heavy atom. The van der Waals surface area contributed by atoms with Crippen molar-refractivity contribution in [2.75, 3.05) is 0 Å². The van der Waals surface area contributed by atoms with Gasteiger partial charge in [0.25, 0.3) is 0 Å². The number of alkyl halides is 2. The summed E-state index contributed by atoms with van der Waals surface area (Å²) in [5.74, 6) is 0. The summed E-state index contributed by atoms with van der Waals surface area (Å²) in [4.78, 5) is 3.44. The van der Waals surface area contributed by atoms with Crippen LogP contribution < -0.4 is 0 Å². The van der Waals surface area contributed by atoms with Gasteiger partial charge in [-0.25, -0.2) is 4.98 Å². The monoisotopic (exact) mass is 161 g/mol. The molecule has 0 unspecified atom stereocenters. The molecule has 0 spiro atoms. The fourth-order valence-electron chi connectivity index (χ4n) is 0.792. The predicted octanol–water partition coefficient (Wildman–Crippen LogP) is 1.63. The van der Waals surface area contributed by atoms with Crippen LogP contribution in [-0.4, -0.2) is 14.8 Å². The fourth-order valence-corrected chi connectivity index (χ4v) is 0.792. The Morgan fingerprint density at radius 1 is 1.55 bits per heavy atom. The van der Waals surface area contributed by atoms with Crippen molar-refractivity contribution >= 4 is 0 Å². The number of nitrogens with zero attached hydrogens (tertiary/aromatic N) is 3. The van der Waals surface area contributed by atoms with Gasteiger partial charge < -0.3 is 0 Å². The summed E-state index contributed by atoms with van der Waals surface area (Å²) < 4.78 is 26.3. The number of hydrogen-bond donors (Lipinski definition) is 0. The van der Waals surface area contributed by atoms with E-state index >= 15 is 0 Å². The van der Waals surface area contributed by atoms with Crippen molar-refractivity contribution in [3.8, 4) is 0 Å². The summed E-state index contributed by atoms with van der Waals surface area (Å²) in [5.41, 5.74) is 0. The standard InChI is InChI=1S/C6H9F2N3/c1-2-3-6(7,8)11-5-9-4-10-11/h4-5H,2-3H2,1H3. The molecule has 0 fully saturated rings. The normalized spacial score (nSPS) is 11.9. The van der Waals surface area contributed by atoms with Gasteiger partial charge in [0.15, 0.2) is 0 Å². The van der Waals surface area contributed by atoms with Gasteiger partial charge in [-0.1, -0.05) is 6.92 Å². The quantitative estimate of drug-likeness (QED) is 0.674. The molecule has 0 N–H and O–H groups in total. The molecule has 62 valence electrons. The predicted molar refractivity (Wildman–Crippen MR) is 35.1 cm³/mol. The highest BCUT2D eigenvalue weighted by molar-refractivity contribution is 4.65. The van der Waals surface area contributed by atoms with E-state index in [9.17, 15) is 8.78 Å². The van der Waals surface area contributed by atoms with Crippen molar-refractivity contribution in [1.82, 2.24) is 14.8 Å². The van der Waals surface area contributed by atoms with Gasteiger partial charge in [0.1, 0.15) is 12.7 Å². The number of hydrogen-bond acceptors (Lipinski definition) is 2. The minimum atomic E-state index is -2.88. The van der Waals surface area contributed by atoms with Crippen LogP contribution in [0.2, 0.25) is 0 Å². The zero-order chi connectivity index (χ0) is 8.32. The minimum Gasteiger partial charge on any atom is -0.223 e. The van der Waals surface area contributed by atoms with Crippen molar-refractivity contribution in [2.45, 2.75) is 25.8 Å². The molecule has 0 aliphatic carbocycles. The van der Waals surface area contributed by atoms with Gasteiger partial charge in [-0.3, -0.25) is 0 Å². The Balaban J connectivity index is 2.73. The molecule has 0 saturated carbocycles. The average molecular weight is 161 g/mol. The van der Waals surface area contributed by atoms with Gasteiger partial charge in [-0.2, -0.15) is 18.6 Å². The minimum absolute atomic E-state index is 0.198. The van der Waals surface area contributed by atoms with Crippen LogP contribution in [0.25, 0.3) is 0 Å². The second-order valence-electron chi connectivity index (χ2n) is 2.26. The van der Waals surface area contributed by atoms with E-state index in [-0.39, 0.29) is 6.42 Å². The first-order valence-corrected chi connectivity index (χ1v) is 3.40. The molecular weight excluding hydrogens is 152 g/mol. The molecule has 1 aromatic heterocycles. The van der Waals surface area contributed by atoms with Crippen molar-refractivity contribution in [1.29, 1.82) is 0 Å². The molecule has 11 heavy (non-hydrogen) atoms. The molecule has 3 nitrogen and oxygen atoms in total. The maximum Gasteiger partial charge on any atom is 0.344 e. The lowest BCUT2D eigenvalue weighted by Crippen LogP contribution is -2.22. The first kappa shape index (κ1) is 8.10. The van der Waals surface area contributed by atoms with Gasteiger partial charge in [0.2, 0.25) is 0 Å². The van der Waals surface area contributed by atoms with Crippen molar-refractivity contribution in [3.05, 3.63) is 12.7 Å². The Hall–Kier alpha value is -1.00. The van der Waals surface area contributed by atoms with Crippen LogP contribution in [0.3, 0.4) is 0 Å². The number of aromatic nitrogens is 3. The van der Waals surface area contributed by atoms with Crippen molar-refractivity contribution in [3.63, 3.8) is 0 Å². The molecule has 0 aliphatic rings. The third kappa shape index (κ3) is 1.72. The van der Waals surface area contributed by atoms with Gasteiger partial charge in [0.05, 0.1) is 0 Å². The van der Waals surface area contributed by atoms with Gasteiger partial charge >= 0.3 is 6.05 Å². The summed E-state index contributed by atoms with van der Waals surface area (Å²) in [5, 5.41) is 3.36. The Kier molecular flexibility index (Phi) is 2.16. The van der Waals surface area contributed by atoms with Crippen LogP contribution in [-0.2, 0) is 6.05 Å². The largest absolute Gasteiger partial charge is 0.344 e. The highest BCUT2D eigenvalue weighted by Gasteiger charge is 2.30. The summed E-state index contributed by atoms with van der Waals surface area (Å²) in [6.07, 6.45) is 2.35. The van der Waals surface area contributed by atoms with Crippen LogP contribution in [0, 0.1) is 0 Å². The molecule has 5 heteroatoms. The molecule has 0 atom stereocenters. The van der Waals surface area contributed by atoms with E-state index in [1.54, 1.807) is 6.92 Å². The lowest BCUT2D eigenvalue weighted by Gasteiger charge is -2.13. The first-order valence-electron chi connectivity index (χ1n) is 3.40. The lowest BCUT2D eigenvalue weighted by atomic mass is 10.3. The molecule has 0 amide bonds. The zero-order valence-corrected chi connectivity index (χ0v) is 6.17. The van der Waals surface area contributed by atoms with E-state index in [1.807, 2.05) is 0 Å². The zero-order valence-electron chi connectivity index (χ0n) is 6.17. The van der Waals surface area contributed by atoms with Crippen LogP contribution in [0.1, 0.15) is 19.8 Å². The van der Waals surface area contributed by atoms with E-state index in [0.717, 1.165) is 12.7 Å². The second kappa shape index (κ2) is 2.94. The summed E-state index contributed by atoms with van der Waals surface area (Å²) in [7, 11) is 0.